The molecule has 168 valence electrons. The standard InChI is InChI=1S/C25H34FN3O2/c1-24(2,13-20(30)29-16-8-14-9-17(29)12-25(31,10-14)11-16)23-22-19(28(3)27-23)7-6-18(26)21(22)15-4-5-15/h6-7,14-17,20,30-31H,4-5,8-13H2,1-3H3. The fraction of sp³-hybridized carbons (Fsp3) is 0.720. The third-order valence-electron chi connectivity index (χ3n) is 8.62. The van der Waals surface area contributed by atoms with Gasteiger partial charge < -0.3 is 10.2 Å². The molecule has 3 heterocycles. The van der Waals surface area contributed by atoms with Crippen molar-refractivity contribution in [3.05, 3.63) is 29.2 Å². The minimum Gasteiger partial charge on any atom is -0.390 e. The first kappa shape index (κ1) is 20.1. The summed E-state index contributed by atoms with van der Waals surface area (Å²) in [5.74, 6) is 0.766. The van der Waals surface area contributed by atoms with E-state index in [1.807, 2.05) is 17.8 Å². The van der Waals surface area contributed by atoms with Crippen LogP contribution in [0, 0.1) is 11.7 Å². The Balaban J connectivity index is 1.33. The number of hydrogen-bond acceptors (Lipinski definition) is 4. The van der Waals surface area contributed by atoms with Gasteiger partial charge >= 0.3 is 0 Å². The van der Waals surface area contributed by atoms with Crippen molar-refractivity contribution in [2.75, 3.05) is 0 Å². The molecule has 1 aromatic carbocycles. The highest BCUT2D eigenvalue weighted by molar-refractivity contribution is 5.87. The molecule has 3 saturated carbocycles. The molecule has 31 heavy (non-hydrogen) atoms. The fourth-order valence-corrected chi connectivity index (χ4v) is 7.36. The van der Waals surface area contributed by atoms with Crippen molar-refractivity contribution >= 4 is 10.9 Å². The van der Waals surface area contributed by atoms with E-state index < -0.39 is 17.2 Å². The van der Waals surface area contributed by atoms with Gasteiger partial charge in [-0.15, -0.1) is 0 Å². The van der Waals surface area contributed by atoms with Gasteiger partial charge in [0.2, 0.25) is 0 Å². The minimum absolute atomic E-state index is 0.126. The molecule has 2 aliphatic heterocycles. The van der Waals surface area contributed by atoms with Crippen LogP contribution in [0.1, 0.15) is 82.4 Å². The quantitative estimate of drug-likeness (QED) is 0.758. The average Bonchev–Trinajstić information content (AvgIpc) is 3.42. The molecule has 1 aromatic heterocycles. The highest BCUT2D eigenvalue weighted by Gasteiger charge is 2.55. The smallest absolute Gasteiger partial charge is 0.127 e. The van der Waals surface area contributed by atoms with Crippen LogP contribution >= 0.6 is 0 Å². The molecule has 5 nitrogen and oxygen atoms in total. The molecule has 0 radical (unpaired) electrons. The van der Waals surface area contributed by atoms with Crippen LogP contribution in [-0.2, 0) is 12.5 Å². The summed E-state index contributed by atoms with van der Waals surface area (Å²) in [7, 11) is 1.93. The summed E-state index contributed by atoms with van der Waals surface area (Å²) in [4.78, 5) is 2.29. The number of aromatic nitrogens is 2. The molecule has 5 fully saturated rings. The number of nitrogens with zero attached hydrogens (tertiary/aromatic N) is 3. The Morgan fingerprint density at radius 1 is 1.19 bits per heavy atom. The lowest BCUT2D eigenvalue weighted by Gasteiger charge is -2.61. The number of aliphatic hydroxyl groups is 2. The van der Waals surface area contributed by atoms with Crippen LogP contribution < -0.4 is 0 Å². The van der Waals surface area contributed by atoms with Gasteiger partial charge in [0, 0.05) is 35.5 Å². The number of piperidine rings is 2. The molecule has 4 bridgehead atoms. The van der Waals surface area contributed by atoms with Crippen molar-refractivity contribution in [2.24, 2.45) is 13.0 Å². The summed E-state index contributed by atoms with van der Waals surface area (Å²) < 4.78 is 16.7. The third kappa shape index (κ3) is 3.09. The van der Waals surface area contributed by atoms with E-state index in [4.69, 9.17) is 5.10 Å². The number of aryl methyl sites for hydroxylation is 1. The van der Waals surface area contributed by atoms with Crippen molar-refractivity contribution in [3.63, 3.8) is 0 Å². The Morgan fingerprint density at radius 3 is 2.48 bits per heavy atom. The molecule has 5 aliphatic rings. The van der Waals surface area contributed by atoms with Crippen LogP contribution in [0.4, 0.5) is 4.39 Å². The summed E-state index contributed by atoms with van der Waals surface area (Å²) in [5.41, 5.74) is 1.77. The molecular weight excluding hydrogens is 393 g/mol. The Hall–Kier alpha value is -1.50. The lowest BCUT2D eigenvalue weighted by molar-refractivity contribution is -0.200. The van der Waals surface area contributed by atoms with Crippen LogP contribution in [0.15, 0.2) is 12.1 Å². The maximum atomic E-state index is 14.9. The zero-order chi connectivity index (χ0) is 21.7. The van der Waals surface area contributed by atoms with Gasteiger partial charge in [0.1, 0.15) is 12.0 Å². The molecule has 2 saturated heterocycles. The van der Waals surface area contributed by atoms with Crippen LogP contribution in [0.25, 0.3) is 10.9 Å². The molecular formula is C25H34FN3O2. The molecule has 7 rings (SSSR count). The van der Waals surface area contributed by atoms with E-state index in [0.29, 0.717) is 18.3 Å². The molecule has 0 spiro atoms. The van der Waals surface area contributed by atoms with E-state index in [1.165, 1.54) is 0 Å². The van der Waals surface area contributed by atoms with Gasteiger partial charge in [-0.3, -0.25) is 9.58 Å². The number of rotatable bonds is 5. The van der Waals surface area contributed by atoms with Crippen molar-refractivity contribution in [2.45, 2.75) is 100 Å². The third-order valence-corrected chi connectivity index (χ3v) is 8.62. The zero-order valence-corrected chi connectivity index (χ0v) is 18.8. The summed E-state index contributed by atoms with van der Waals surface area (Å²) in [5, 5.41) is 28.1. The van der Waals surface area contributed by atoms with E-state index in [9.17, 15) is 14.6 Å². The molecule has 2 N–H and O–H groups in total. The Bertz CT molecular complexity index is 1030. The molecule has 3 aliphatic carbocycles. The second-order valence-corrected chi connectivity index (χ2v) is 11.6. The van der Waals surface area contributed by atoms with Gasteiger partial charge in [0.15, 0.2) is 0 Å². The summed E-state index contributed by atoms with van der Waals surface area (Å²) in [6.07, 6.45) is 6.70. The first-order valence-electron chi connectivity index (χ1n) is 12.0. The van der Waals surface area contributed by atoms with Crippen molar-refractivity contribution in [1.82, 2.24) is 14.7 Å². The SMILES string of the molecule is Cn1nc(C(C)(C)CC(O)N2C3CC4CC2CC(O)(C4)C3)c2c(C3CC3)c(F)ccc21. The number of benzene rings is 1. The van der Waals surface area contributed by atoms with E-state index in [1.54, 1.807) is 6.07 Å². The normalized spacial score (nSPS) is 34.1. The number of halogens is 1. The van der Waals surface area contributed by atoms with Gasteiger partial charge in [0.25, 0.3) is 0 Å². The monoisotopic (exact) mass is 427 g/mol. The van der Waals surface area contributed by atoms with E-state index in [2.05, 4.69) is 18.7 Å². The van der Waals surface area contributed by atoms with Gasteiger partial charge in [-0.25, -0.2) is 4.39 Å². The first-order chi connectivity index (χ1) is 14.7. The summed E-state index contributed by atoms with van der Waals surface area (Å²) in [6.45, 7) is 4.26. The molecule has 2 aromatic rings. The highest BCUT2D eigenvalue weighted by Crippen LogP contribution is 2.53. The molecule has 3 unspecified atom stereocenters. The first-order valence-corrected chi connectivity index (χ1v) is 12.0. The minimum atomic E-state index is -0.580. The average molecular weight is 428 g/mol. The Labute approximate surface area is 183 Å². The van der Waals surface area contributed by atoms with Crippen molar-refractivity contribution < 1.29 is 14.6 Å². The Morgan fingerprint density at radius 2 is 1.87 bits per heavy atom. The van der Waals surface area contributed by atoms with E-state index >= 15 is 0 Å². The van der Waals surface area contributed by atoms with Gasteiger partial charge in [-0.2, -0.15) is 5.10 Å². The van der Waals surface area contributed by atoms with Crippen LogP contribution in [0.5, 0.6) is 0 Å². The lowest BCUT2D eigenvalue weighted by Crippen LogP contribution is -2.67. The second kappa shape index (κ2) is 6.52. The van der Waals surface area contributed by atoms with Crippen LogP contribution in [-0.4, -0.2) is 48.8 Å². The van der Waals surface area contributed by atoms with Gasteiger partial charge in [-0.05, 0) is 75.3 Å². The number of fused-ring (bicyclic) bond motifs is 1. The predicted octanol–water partition coefficient (Wildman–Crippen LogP) is 3.95. The van der Waals surface area contributed by atoms with E-state index in [0.717, 1.165) is 67.1 Å². The van der Waals surface area contributed by atoms with Crippen LogP contribution in [0.3, 0.4) is 0 Å². The topological polar surface area (TPSA) is 61.5 Å². The van der Waals surface area contributed by atoms with Gasteiger partial charge in [-0.1, -0.05) is 13.8 Å². The fourth-order valence-electron chi connectivity index (χ4n) is 7.36. The summed E-state index contributed by atoms with van der Waals surface area (Å²) in [6, 6.07) is 3.94. The maximum absolute atomic E-state index is 14.9. The van der Waals surface area contributed by atoms with E-state index in [-0.39, 0.29) is 17.9 Å². The summed E-state index contributed by atoms with van der Waals surface area (Å²) >= 11 is 0. The number of hydrogen-bond donors (Lipinski definition) is 2. The molecule has 0 amide bonds. The highest BCUT2D eigenvalue weighted by atomic mass is 19.1. The van der Waals surface area contributed by atoms with Crippen LogP contribution in [0.2, 0.25) is 0 Å². The number of aliphatic hydroxyl groups excluding tert-OH is 1. The molecule has 3 atom stereocenters. The maximum Gasteiger partial charge on any atom is 0.127 e. The largest absolute Gasteiger partial charge is 0.390 e. The van der Waals surface area contributed by atoms with Gasteiger partial charge in [0.05, 0.1) is 16.8 Å². The lowest BCUT2D eigenvalue weighted by atomic mass is 9.61. The predicted molar refractivity (Wildman–Crippen MR) is 117 cm³/mol. The van der Waals surface area contributed by atoms with Crippen molar-refractivity contribution in [1.29, 1.82) is 0 Å². The molecule has 6 heteroatoms. The van der Waals surface area contributed by atoms with Crippen molar-refractivity contribution in [3.8, 4) is 0 Å². The Kier molecular flexibility index (Phi) is 4.23. The zero-order valence-electron chi connectivity index (χ0n) is 18.8. The second-order valence-electron chi connectivity index (χ2n) is 11.6.